The predicted octanol–water partition coefficient (Wildman–Crippen LogP) is 2.80. The maximum atomic E-state index is 10.8. The number of unbranched alkanes of at least 4 members (excludes halogenated alkanes) is 1. The van der Waals surface area contributed by atoms with Crippen LogP contribution < -0.4 is 0 Å². The molecule has 0 spiro atoms. The summed E-state index contributed by atoms with van der Waals surface area (Å²) in [7, 11) is 0. The van der Waals surface area contributed by atoms with E-state index in [1.807, 2.05) is 13.0 Å². The second kappa shape index (κ2) is 5.93. The molecule has 20 heavy (non-hydrogen) atoms. The number of nitriles is 1. The fourth-order valence-electron chi connectivity index (χ4n) is 1.75. The molecular formula is C13H12N4O3. The van der Waals surface area contributed by atoms with Gasteiger partial charge < -0.3 is 4.52 Å². The molecule has 2 aromatic rings. The summed E-state index contributed by atoms with van der Waals surface area (Å²) in [6, 6.07) is 6.56. The van der Waals surface area contributed by atoms with Crippen molar-refractivity contribution in [1.82, 2.24) is 10.1 Å². The summed E-state index contributed by atoms with van der Waals surface area (Å²) in [6.07, 6.45) is 1.59. The quantitative estimate of drug-likeness (QED) is 0.470. The first-order valence-corrected chi connectivity index (χ1v) is 6.07. The Hall–Kier alpha value is -2.75. The molecule has 0 atom stereocenters. The maximum absolute atomic E-state index is 10.8. The van der Waals surface area contributed by atoms with Crippen LogP contribution in [0.5, 0.6) is 0 Å². The van der Waals surface area contributed by atoms with Crippen molar-refractivity contribution in [2.24, 2.45) is 0 Å². The van der Waals surface area contributed by atoms with Gasteiger partial charge >= 0.3 is 0 Å². The average molecular weight is 272 g/mol. The van der Waals surface area contributed by atoms with E-state index in [-0.39, 0.29) is 5.69 Å². The molecule has 0 radical (unpaired) electrons. The second-order valence-corrected chi connectivity index (χ2v) is 4.28. The van der Waals surface area contributed by atoms with Gasteiger partial charge in [-0.2, -0.15) is 10.2 Å². The van der Waals surface area contributed by atoms with Gasteiger partial charge in [-0.25, -0.2) is 0 Å². The van der Waals surface area contributed by atoms with E-state index in [1.54, 1.807) is 6.07 Å². The number of nitrogens with zero attached hydrogens (tertiary/aromatic N) is 4. The average Bonchev–Trinajstić information content (AvgIpc) is 2.88. The van der Waals surface area contributed by atoms with Crippen LogP contribution >= 0.6 is 0 Å². The molecule has 0 amide bonds. The summed E-state index contributed by atoms with van der Waals surface area (Å²) in [4.78, 5) is 14.5. The van der Waals surface area contributed by atoms with Gasteiger partial charge in [0.15, 0.2) is 0 Å². The summed E-state index contributed by atoms with van der Waals surface area (Å²) >= 11 is 0. The van der Waals surface area contributed by atoms with Crippen LogP contribution in [-0.2, 0) is 6.42 Å². The Morgan fingerprint density at radius 3 is 3.00 bits per heavy atom. The highest BCUT2D eigenvalue weighted by atomic mass is 16.6. The fraction of sp³-hybridized carbons (Fsp3) is 0.308. The third kappa shape index (κ3) is 2.98. The van der Waals surface area contributed by atoms with Crippen molar-refractivity contribution >= 4 is 5.69 Å². The van der Waals surface area contributed by atoms with Crippen molar-refractivity contribution in [1.29, 1.82) is 5.26 Å². The van der Waals surface area contributed by atoms with E-state index >= 15 is 0 Å². The Morgan fingerprint density at radius 2 is 2.30 bits per heavy atom. The van der Waals surface area contributed by atoms with Crippen LogP contribution in [0, 0.1) is 28.4 Å². The molecular weight excluding hydrogens is 260 g/mol. The van der Waals surface area contributed by atoms with Gasteiger partial charge in [0.2, 0.25) is 11.7 Å². The van der Waals surface area contributed by atoms with Crippen molar-refractivity contribution in [2.75, 3.05) is 0 Å². The minimum absolute atomic E-state index is 0.0126. The SMILES string of the molecule is Cc1ccc([N+](=O)[O-])cc1-c1noc(CCCC#N)n1. The summed E-state index contributed by atoms with van der Waals surface area (Å²) in [6.45, 7) is 1.82. The Morgan fingerprint density at radius 1 is 1.50 bits per heavy atom. The molecule has 1 heterocycles. The van der Waals surface area contributed by atoms with Crippen molar-refractivity contribution in [3.63, 3.8) is 0 Å². The third-order valence-electron chi connectivity index (χ3n) is 2.82. The lowest BCUT2D eigenvalue weighted by Crippen LogP contribution is -1.92. The minimum atomic E-state index is -0.461. The highest BCUT2D eigenvalue weighted by Gasteiger charge is 2.15. The lowest BCUT2D eigenvalue weighted by molar-refractivity contribution is -0.384. The topological polar surface area (TPSA) is 106 Å². The van der Waals surface area contributed by atoms with Crippen LogP contribution in [-0.4, -0.2) is 15.1 Å². The number of non-ortho nitro benzene ring substituents is 1. The van der Waals surface area contributed by atoms with E-state index in [0.29, 0.717) is 36.5 Å². The monoisotopic (exact) mass is 272 g/mol. The molecule has 0 saturated heterocycles. The normalized spacial score (nSPS) is 10.2. The van der Waals surface area contributed by atoms with Crippen LogP contribution in [0.4, 0.5) is 5.69 Å². The first-order valence-electron chi connectivity index (χ1n) is 6.07. The molecule has 0 aliphatic rings. The summed E-state index contributed by atoms with van der Waals surface area (Å²) in [5, 5.41) is 23.1. The minimum Gasteiger partial charge on any atom is -0.339 e. The van der Waals surface area contributed by atoms with E-state index in [4.69, 9.17) is 9.78 Å². The number of nitro benzene ring substituents is 1. The zero-order valence-electron chi connectivity index (χ0n) is 10.9. The Balaban J connectivity index is 2.25. The maximum Gasteiger partial charge on any atom is 0.270 e. The van der Waals surface area contributed by atoms with Gasteiger partial charge in [0, 0.05) is 30.5 Å². The van der Waals surface area contributed by atoms with Crippen molar-refractivity contribution in [2.45, 2.75) is 26.2 Å². The number of aryl methyl sites for hydroxylation is 2. The van der Waals surface area contributed by atoms with Gasteiger partial charge in [-0.15, -0.1) is 0 Å². The number of hydrogen-bond acceptors (Lipinski definition) is 6. The highest BCUT2D eigenvalue weighted by Crippen LogP contribution is 2.25. The standard InChI is InChI=1S/C13H12N4O3/c1-9-5-6-10(17(18)19)8-11(9)13-15-12(20-16-13)4-2-3-7-14/h5-6,8H,2-4H2,1H3. The van der Waals surface area contributed by atoms with Crippen LogP contribution in [0.1, 0.15) is 24.3 Å². The van der Waals surface area contributed by atoms with Gasteiger partial charge in [0.1, 0.15) is 0 Å². The lowest BCUT2D eigenvalue weighted by Gasteiger charge is -2.00. The zero-order valence-corrected chi connectivity index (χ0v) is 10.9. The molecule has 0 fully saturated rings. The van der Waals surface area contributed by atoms with Crippen LogP contribution in [0.3, 0.4) is 0 Å². The first-order chi connectivity index (χ1) is 9.61. The summed E-state index contributed by atoms with van der Waals surface area (Å²) in [5.41, 5.74) is 1.40. The molecule has 0 N–H and O–H groups in total. The number of aromatic nitrogens is 2. The molecule has 1 aromatic carbocycles. The van der Waals surface area contributed by atoms with Gasteiger partial charge in [-0.1, -0.05) is 11.2 Å². The third-order valence-corrected chi connectivity index (χ3v) is 2.82. The predicted molar refractivity (Wildman–Crippen MR) is 69.7 cm³/mol. The van der Waals surface area contributed by atoms with E-state index < -0.39 is 4.92 Å². The lowest BCUT2D eigenvalue weighted by atomic mass is 10.1. The molecule has 7 nitrogen and oxygen atoms in total. The Kier molecular flexibility index (Phi) is 4.05. The van der Waals surface area contributed by atoms with Crippen molar-refractivity contribution < 1.29 is 9.45 Å². The number of hydrogen-bond donors (Lipinski definition) is 0. The Labute approximate surface area is 115 Å². The molecule has 2 rings (SSSR count). The highest BCUT2D eigenvalue weighted by molar-refractivity contribution is 5.63. The van der Waals surface area contributed by atoms with Crippen LogP contribution in [0.2, 0.25) is 0 Å². The molecule has 0 saturated carbocycles. The second-order valence-electron chi connectivity index (χ2n) is 4.28. The van der Waals surface area contributed by atoms with Gasteiger partial charge in [0.05, 0.1) is 11.0 Å². The van der Waals surface area contributed by atoms with E-state index in [2.05, 4.69) is 10.1 Å². The van der Waals surface area contributed by atoms with Gasteiger partial charge in [0.25, 0.3) is 5.69 Å². The fourth-order valence-corrected chi connectivity index (χ4v) is 1.75. The van der Waals surface area contributed by atoms with Gasteiger partial charge in [-0.3, -0.25) is 10.1 Å². The van der Waals surface area contributed by atoms with E-state index in [0.717, 1.165) is 5.56 Å². The molecule has 102 valence electrons. The molecule has 0 unspecified atom stereocenters. The van der Waals surface area contributed by atoms with Crippen LogP contribution in [0.15, 0.2) is 22.7 Å². The first kappa shape index (κ1) is 13.7. The molecule has 7 heteroatoms. The number of nitro groups is 1. The largest absolute Gasteiger partial charge is 0.339 e. The molecule has 0 aliphatic carbocycles. The number of benzene rings is 1. The smallest absolute Gasteiger partial charge is 0.270 e. The molecule has 0 bridgehead atoms. The van der Waals surface area contributed by atoms with Crippen LogP contribution in [0.25, 0.3) is 11.4 Å². The molecule has 1 aromatic heterocycles. The van der Waals surface area contributed by atoms with E-state index in [1.165, 1.54) is 12.1 Å². The van der Waals surface area contributed by atoms with Crippen molar-refractivity contribution in [3.8, 4) is 17.5 Å². The van der Waals surface area contributed by atoms with E-state index in [9.17, 15) is 10.1 Å². The van der Waals surface area contributed by atoms with Crippen molar-refractivity contribution in [3.05, 3.63) is 39.8 Å². The molecule has 0 aliphatic heterocycles. The van der Waals surface area contributed by atoms with Gasteiger partial charge in [-0.05, 0) is 18.9 Å². The Bertz CT molecular complexity index is 672. The zero-order chi connectivity index (χ0) is 14.5. The summed E-state index contributed by atoms with van der Waals surface area (Å²) in [5.74, 6) is 0.763. The number of rotatable bonds is 5. The summed E-state index contributed by atoms with van der Waals surface area (Å²) < 4.78 is 5.08.